The molecule has 0 N–H and O–H groups in total. The summed E-state index contributed by atoms with van der Waals surface area (Å²) in [6.07, 6.45) is 0. The molecule has 0 spiro atoms. The highest BCUT2D eigenvalue weighted by molar-refractivity contribution is 5.78. The van der Waals surface area contributed by atoms with E-state index in [0.717, 1.165) is 17.8 Å². The van der Waals surface area contributed by atoms with E-state index >= 15 is 0 Å². The molecule has 5 rings (SSSR count). The Labute approximate surface area is 173 Å². The summed E-state index contributed by atoms with van der Waals surface area (Å²) in [5.74, 6) is 0.711. The molecule has 7 heteroatoms. The molecule has 0 atom stereocenters. The van der Waals surface area contributed by atoms with Crippen LogP contribution in [0.15, 0.2) is 58.1 Å². The molecule has 0 saturated heterocycles. The summed E-state index contributed by atoms with van der Waals surface area (Å²) in [5.41, 5.74) is 4.65. The van der Waals surface area contributed by atoms with Gasteiger partial charge in [0.15, 0.2) is 11.2 Å². The third kappa shape index (κ3) is 2.62. The number of hydrogen-bond donors (Lipinski definition) is 0. The van der Waals surface area contributed by atoms with Crippen molar-refractivity contribution in [2.24, 2.45) is 7.05 Å². The highest BCUT2D eigenvalue weighted by Crippen LogP contribution is 2.34. The van der Waals surface area contributed by atoms with Crippen LogP contribution in [-0.4, -0.2) is 25.2 Å². The molecule has 1 aliphatic rings. The van der Waals surface area contributed by atoms with Crippen LogP contribution in [0.4, 0.5) is 11.6 Å². The fourth-order valence-corrected chi connectivity index (χ4v) is 4.24. The van der Waals surface area contributed by atoms with E-state index < -0.39 is 0 Å². The topological polar surface area (TPSA) is 65.1 Å². The van der Waals surface area contributed by atoms with Gasteiger partial charge in [-0.3, -0.25) is 13.9 Å². The van der Waals surface area contributed by atoms with Crippen LogP contribution in [-0.2, 0) is 20.1 Å². The molecule has 0 aliphatic carbocycles. The summed E-state index contributed by atoms with van der Waals surface area (Å²) < 4.78 is 4.72. The highest BCUT2D eigenvalue weighted by Gasteiger charge is 2.29. The number of benzene rings is 2. The second-order valence-electron chi connectivity index (χ2n) is 7.82. The second kappa shape index (κ2) is 6.73. The smallest absolute Gasteiger partial charge is 0.310 e. The zero-order valence-corrected chi connectivity index (χ0v) is 17.3. The van der Waals surface area contributed by atoms with Gasteiger partial charge >= 0.3 is 5.69 Å². The second-order valence-corrected chi connectivity index (χ2v) is 7.82. The van der Waals surface area contributed by atoms with E-state index in [-0.39, 0.29) is 17.8 Å². The summed E-state index contributed by atoms with van der Waals surface area (Å²) in [7, 11) is 1.68. The Hall–Kier alpha value is -3.61. The van der Waals surface area contributed by atoms with Crippen molar-refractivity contribution in [3.8, 4) is 0 Å². The molecule has 1 aliphatic heterocycles. The van der Waals surface area contributed by atoms with Crippen molar-refractivity contribution in [1.29, 1.82) is 0 Å². The van der Waals surface area contributed by atoms with Crippen molar-refractivity contribution in [3.05, 3.63) is 86.1 Å². The Morgan fingerprint density at radius 3 is 2.50 bits per heavy atom. The first kappa shape index (κ1) is 18.4. The van der Waals surface area contributed by atoms with Crippen molar-refractivity contribution in [2.45, 2.75) is 26.9 Å². The van der Waals surface area contributed by atoms with Crippen LogP contribution in [0.5, 0.6) is 0 Å². The number of hydrogen-bond acceptors (Lipinski definition) is 4. The molecule has 0 unspecified atom stereocenters. The van der Waals surface area contributed by atoms with E-state index in [2.05, 4.69) is 30.9 Å². The van der Waals surface area contributed by atoms with Gasteiger partial charge in [-0.15, -0.1) is 0 Å². The van der Waals surface area contributed by atoms with Crippen LogP contribution in [0, 0.1) is 13.8 Å². The number of nitrogens with zero attached hydrogens (tertiary/aromatic N) is 5. The van der Waals surface area contributed by atoms with Gasteiger partial charge in [-0.1, -0.05) is 42.5 Å². The first-order valence-corrected chi connectivity index (χ1v) is 10.0. The average molecular weight is 401 g/mol. The third-order valence-corrected chi connectivity index (χ3v) is 6.05. The highest BCUT2D eigenvalue weighted by atomic mass is 16.2. The zero-order chi connectivity index (χ0) is 21.0. The maximum absolute atomic E-state index is 13.4. The maximum Gasteiger partial charge on any atom is 0.332 e. The van der Waals surface area contributed by atoms with Gasteiger partial charge in [0.1, 0.15) is 0 Å². The number of aryl methyl sites for hydroxylation is 2. The Kier molecular flexibility index (Phi) is 4.13. The minimum absolute atomic E-state index is 0.240. The lowest BCUT2D eigenvalue weighted by Gasteiger charge is -2.19. The van der Waals surface area contributed by atoms with E-state index in [4.69, 9.17) is 4.98 Å². The van der Waals surface area contributed by atoms with Crippen LogP contribution >= 0.6 is 0 Å². The van der Waals surface area contributed by atoms with Crippen LogP contribution in [0.2, 0.25) is 0 Å². The predicted octanol–water partition coefficient (Wildman–Crippen LogP) is 2.71. The van der Waals surface area contributed by atoms with Crippen molar-refractivity contribution >= 4 is 22.8 Å². The standard InChI is InChI=1S/C23H23N5O2/c1-15-8-7-11-18(16(15)2)26-12-13-27-19-20(24-22(26)27)25(3)23(30)28(21(19)29)14-17-9-5-4-6-10-17/h4-11H,12-14H2,1-3H3. The Bertz CT molecular complexity index is 1400. The molecule has 0 saturated carbocycles. The third-order valence-electron chi connectivity index (χ3n) is 6.05. The molecule has 0 amide bonds. The summed E-state index contributed by atoms with van der Waals surface area (Å²) in [4.78, 5) is 33.2. The van der Waals surface area contributed by atoms with Crippen molar-refractivity contribution in [2.75, 3.05) is 11.4 Å². The molecule has 30 heavy (non-hydrogen) atoms. The first-order valence-electron chi connectivity index (χ1n) is 10.0. The molecular formula is C23H23N5O2. The van der Waals surface area contributed by atoms with Gasteiger partial charge in [-0.25, -0.2) is 4.79 Å². The number of anilines is 2. The SMILES string of the molecule is Cc1cccc(N2CCn3c2nc2c3c(=O)n(Cc3ccccc3)c(=O)n2C)c1C. The average Bonchev–Trinajstić information content (AvgIpc) is 3.32. The minimum Gasteiger partial charge on any atom is -0.310 e. The lowest BCUT2D eigenvalue weighted by molar-refractivity contribution is 0.652. The lowest BCUT2D eigenvalue weighted by atomic mass is 10.1. The van der Waals surface area contributed by atoms with Gasteiger partial charge < -0.3 is 9.47 Å². The molecule has 0 radical (unpaired) electrons. The van der Waals surface area contributed by atoms with Gasteiger partial charge in [0.25, 0.3) is 5.56 Å². The summed E-state index contributed by atoms with van der Waals surface area (Å²) in [6.45, 7) is 5.81. The molecule has 0 fully saturated rings. The molecule has 152 valence electrons. The van der Waals surface area contributed by atoms with Crippen LogP contribution in [0.1, 0.15) is 16.7 Å². The Balaban J connectivity index is 1.71. The largest absolute Gasteiger partial charge is 0.332 e. The first-order chi connectivity index (χ1) is 14.5. The number of aromatic nitrogens is 4. The maximum atomic E-state index is 13.4. The lowest BCUT2D eigenvalue weighted by Crippen LogP contribution is -2.40. The molecular weight excluding hydrogens is 378 g/mol. The van der Waals surface area contributed by atoms with Crippen LogP contribution < -0.4 is 16.1 Å². The van der Waals surface area contributed by atoms with E-state index in [1.807, 2.05) is 41.0 Å². The van der Waals surface area contributed by atoms with Gasteiger partial charge in [0.2, 0.25) is 5.95 Å². The minimum atomic E-state index is -0.355. The van der Waals surface area contributed by atoms with Crippen LogP contribution in [0.3, 0.4) is 0 Å². The van der Waals surface area contributed by atoms with Gasteiger partial charge in [0.05, 0.1) is 6.54 Å². The number of fused-ring (bicyclic) bond motifs is 3. The molecule has 0 bridgehead atoms. The fourth-order valence-electron chi connectivity index (χ4n) is 4.24. The Morgan fingerprint density at radius 2 is 1.73 bits per heavy atom. The number of imidazole rings is 1. The molecule has 3 heterocycles. The summed E-state index contributed by atoms with van der Waals surface area (Å²) in [5, 5.41) is 0. The van der Waals surface area contributed by atoms with Crippen LogP contribution in [0.25, 0.3) is 11.2 Å². The molecule has 2 aromatic carbocycles. The monoisotopic (exact) mass is 401 g/mol. The van der Waals surface area contributed by atoms with Crippen molar-refractivity contribution < 1.29 is 0 Å². The Morgan fingerprint density at radius 1 is 0.967 bits per heavy atom. The van der Waals surface area contributed by atoms with E-state index in [9.17, 15) is 9.59 Å². The predicted molar refractivity (Wildman–Crippen MR) is 118 cm³/mol. The summed E-state index contributed by atoms with van der Waals surface area (Å²) in [6, 6.07) is 15.8. The van der Waals surface area contributed by atoms with E-state index in [1.165, 1.54) is 20.3 Å². The van der Waals surface area contributed by atoms with Crippen molar-refractivity contribution in [3.63, 3.8) is 0 Å². The number of rotatable bonds is 3. The normalized spacial score (nSPS) is 13.2. The summed E-state index contributed by atoms with van der Waals surface area (Å²) >= 11 is 0. The van der Waals surface area contributed by atoms with Gasteiger partial charge in [-0.05, 0) is 36.6 Å². The molecule has 7 nitrogen and oxygen atoms in total. The quantitative estimate of drug-likeness (QED) is 0.530. The van der Waals surface area contributed by atoms with Gasteiger partial charge in [0, 0.05) is 25.8 Å². The molecule has 4 aromatic rings. The zero-order valence-electron chi connectivity index (χ0n) is 17.3. The molecule has 2 aromatic heterocycles. The van der Waals surface area contributed by atoms with Gasteiger partial charge in [-0.2, -0.15) is 4.98 Å². The fraction of sp³-hybridized carbons (Fsp3) is 0.261. The van der Waals surface area contributed by atoms with E-state index in [0.29, 0.717) is 23.7 Å². The van der Waals surface area contributed by atoms with E-state index in [1.54, 1.807) is 7.05 Å². The van der Waals surface area contributed by atoms with Crippen molar-refractivity contribution in [1.82, 2.24) is 18.7 Å².